The van der Waals surface area contributed by atoms with Crippen molar-refractivity contribution in [2.24, 2.45) is 0 Å². The Bertz CT molecular complexity index is 3080. The zero-order chi connectivity index (χ0) is 32.8. The fourth-order valence-corrected chi connectivity index (χ4v) is 10.6. The van der Waals surface area contributed by atoms with Crippen LogP contribution >= 0.6 is 22.7 Å². The van der Waals surface area contributed by atoms with Gasteiger partial charge in [0.1, 0.15) is 0 Å². The predicted molar refractivity (Wildman–Crippen MR) is 221 cm³/mol. The van der Waals surface area contributed by atoms with Crippen molar-refractivity contribution in [2.75, 3.05) is 0 Å². The number of thiophene rings is 2. The first-order valence-corrected chi connectivity index (χ1v) is 18.7. The van der Waals surface area contributed by atoms with E-state index in [9.17, 15) is 0 Å². The van der Waals surface area contributed by atoms with Crippen molar-refractivity contribution >= 4 is 95.3 Å². The highest BCUT2D eigenvalue weighted by atomic mass is 32.1. The summed E-state index contributed by atoms with van der Waals surface area (Å²) >= 11 is 3.82. The minimum Gasteiger partial charge on any atom is -0.135 e. The van der Waals surface area contributed by atoms with Crippen molar-refractivity contribution < 1.29 is 0 Å². The van der Waals surface area contributed by atoms with Crippen molar-refractivity contribution in [3.05, 3.63) is 170 Å². The summed E-state index contributed by atoms with van der Waals surface area (Å²) in [5.41, 5.74) is 7.57. The molecular formula is C48H28S2. The van der Waals surface area contributed by atoms with Gasteiger partial charge < -0.3 is 0 Å². The van der Waals surface area contributed by atoms with Crippen molar-refractivity contribution in [1.82, 2.24) is 0 Å². The Kier molecular flexibility index (Phi) is 6.09. The molecule has 0 fully saturated rings. The molecule has 0 saturated heterocycles. The van der Waals surface area contributed by atoms with E-state index in [0.717, 1.165) is 0 Å². The quantitative estimate of drug-likeness (QED) is 0.164. The molecule has 11 rings (SSSR count). The Morgan fingerprint density at radius 1 is 0.280 bits per heavy atom. The van der Waals surface area contributed by atoms with E-state index in [-0.39, 0.29) is 0 Å². The van der Waals surface area contributed by atoms with Gasteiger partial charge in [0, 0.05) is 40.3 Å². The topological polar surface area (TPSA) is 0 Å². The summed E-state index contributed by atoms with van der Waals surface area (Å²) in [6, 6.07) is 63.0. The van der Waals surface area contributed by atoms with Gasteiger partial charge in [-0.25, -0.2) is 0 Å². The van der Waals surface area contributed by atoms with E-state index in [1.165, 1.54) is 106 Å². The van der Waals surface area contributed by atoms with Crippen LogP contribution in [0, 0.1) is 0 Å². The molecule has 0 amide bonds. The molecule has 0 bridgehead atoms. The summed E-state index contributed by atoms with van der Waals surface area (Å²) in [5.74, 6) is 0. The molecule has 0 aliphatic carbocycles. The Labute approximate surface area is 297 Å². The first-order valence-electron chi connectivity index (χ1n) is 17.1. The SMILES string of the molecule is c1ccc2cc(-c3c4ccccc4c(-c4ccc(-c5ccc6c(c5)sc5c6ccc6sc7ccccc7c65)cc4)c4ccccc34)ccc2c1. The highest BCUT2D eigenvalue weighted by Gasteiger charge is 2.18. The molecule has 0 aliphatic rings. The van der Waals surface area contributed by atoms with E-state index < -0.39 is 0 Å². The fourth-order valence-electron chi connectivity index (χ4n) is 8.15. The molecule has 0 saturated carbocycles. The van der Waals surface area contributed by atoms with Crippen molar-refractivity contribution in [2.45, 2.75) is 0 Å². The number of hydrogen-bond donors (Lipinski definition) is 0. The number of hydrogen-bond acceptors (Lipinski definition) is 2. The zero-order valence-electron chi connectivity index (χ0n) is 27.0. The molecule has 0 unspecified atom stereocenters. The Hall–Kier alpha value is -5.80. The molecule has 2 heterocycles. The Balaban J connectivity index is 1.05. The van der Waals surface area contributed by atoms with Crippen LogP contribution in [0.5, 0.6) is 0 Å². The number of benzene rings is 9. The first-order chi connectivity index (χ1) is 24.8. The second-order valence-corrected chi connectivity index (χ2v) is 15.3. The van der Waals surface area contributed by atoms with Crippen molar-refractivity contribution in [3.8, 4) is 33.4 Å². The third-order valence-corrected chi connectivity index (χ3v) is 12.8. The van der Waals surface area contributed by atoms with Crippen LogP contribution in [0.4, 0.5) is 0 Å². The van der Waals surface area contributed by atoms with Crippen LogP contribution in [-0.4, -0.2) is 0 Å². The smallest absolute Gasteiger partial charge is 0.0448 e. The van der Waals surface area contributed by atoms with Gasteiger partial charge in [0.25, 0.3) is 0 Å². The van der Waals surface area contributed by atoms with E-state index >= 15 is 0 Å². The summed E-state index contributed by atoms with van der Waals surface area (Å²) in [7, 11) is 0. The standard InChI is InChI=1S/C48H28S2/c1-2-10-32-27-34(22-19-29(32)9-1)46-38-13-5-3-11-36(38)45(37-12-4-6-14-39(37)46)31-20-17-30(18-21-31)33-23-24-35-40-25-26-43-47(48(40)50-44(35)28-33)41-15-7-8-16-42(41)49-43/h1-28H. The zero-order valence-corrected chi connectivity index (χ0v) is 28.6. The summed E-state index contributed by atoms with van der Waals surface area (Å²) in [4.78, 5) is 0. The van der Waals surface area contributed by atoms with E-state index in [1.807, 2.05) is 22.7 Å². The maximum absolute atomic E-state index is 2.39. The van der Waals surface area contributed by atoms with Gasteiger partial charge in [-0.15, -0.1) is 22.7 Å². The molecule has 2 aromatic heterocycles. The average molecular weight is 669 g/mol. The van der Waals surface area contributed by atoms with Crippen LogP contribution in [0.3, 0.4) is 0 Å². The van der Waals surface area contributed by atoms with E-state index in [2.05, 4.69) is 170 Å². The summed E-state index contributed by atoms with van der Waals surface area (Å²) in [6.07, 6.45) is 0. The molecule has 11 aromatic rings. The van der Waals surface area contributed by atoms with Gasteiger partial charge >= 0.3 is 0 Å². The second-order valence-electron chi connectivity index (χ2n) is 13.2. The molecule has 0 nitrogen and oxygen atoms in total. The number of rotatable bonds is 3. The monoisotopic (exact) mass is 668 g/mol. The summed E-state index contributed by atoms with van der Waals surface area (Å²) in [5, 5.41) is 13.1. The maximum Gasteiger partial charge on any atom is 0.0448 e. The molecule has 0 radical (unpaired) electrons. The Morgan fingerprint density at radius 3 is 1.58 bits per heavy atom. The van der Waals surface area contributed by atoms with Crippen LogP contribution in [0.25, 0.3) is 106 Å². The van der Waals surface area contributed by atoms with Crippen LogP contribution in [0.2, 0.25) is 0 Å². The lowest BCUT2D eigenvalue weighted by molar-refractivity contribution is 1.63. The lowest BCUT2D eigenvalue weighted by Crippen LogP contribution is -1.91. The van der Waals surface area contributed by atoms with E-state index in [0.29, 0.717) is 0 Å². The van der Waals surface area contributed by atoms with Crippen molar-refractivity contribution in [1.29, 1.82) is 0 Å². The third-order valence-electron chi connectivity index (χ3n) is 10.5. The van der Waals surface area contributed by atoms with Crippen LogP contribution in [0.15, 0.2) is 170 Å². The summed E-state index contributed by atoms with van der Waals surface area (Å²) < 4.78 is 5.46. The first kappa shape index (κ1) is 28.1. The second kappa shape index (κ2) is 10.9. The normalized spacial score (nSPS) is 12.0. The van der Waals surface area contributed by atoms with Gasteiger partial charge in [0.2, 0.25) is 0 Å². The van der Waals surface area contributed by atoms with Gasteiger partial charge in [-0.1, -0.05) is 146 Å². The van der Waals surface area contributed by atoms with Crippen LogP contribution in [0.1, 0.15) is 0 Å². The maximum atomic E-state index is 2.39. The molecule has 9 aromatic carbocycles. The lowest BCUT2D eigenvalue weighted by Gasteiger charge is -2.18. The fraction of sp³-hybridized carbons (Fsp3) is 0. The van der Waals surface area contributed by atoms with Gasteiger partial charge in [-0.05, 0) is 90.0 Å². The van der Waals surface area contributed by atoms with E-state index in [1.54, 1.807) is 0 Å². The average Bonchev–Trinajstić information content (AvgIpc) is 3.75. The third kappa shape index (κ3) is 4.16. The predicted octanol–water partition coefficient (Wildman–Crippen LogP) is 14.9. The number of fused-ring (bicyclic) bond motifs is 10. The lowest BCUT2D eigenvalue weighted by atomic mass is 9.85. The largest absolute Gasteiger partial charge is 0.135 e. The summed E-state index contributed by atoms with van der Waals surface area (Å²) in [6.45, 7) is 0. The van der Waals surface area contributed by atoms with Crippen LogP contribution < -0.4 is 0 Å². The minimum absolute atomic E-state index is 1.24. The molecule has 0 spiro atoms. The highest BCUT2D eigenvalue weighted by molar-refractivity contribution is 7.29. The molecular weight excluding hydrogens is 641 g/mol. The minimum atomic E-state index is 1.24. The van der Waals surface area contributed by atoms with Gasteiger partial charge in [0.15, 0.2) is 0 Å². The van der Waals surface area contributed by atoms with Gasteiger partial charge in [-0.2, -0.15) is 0 Å². The molecule has 2 heteroatoms. The van der Waals surface area contributed by atoms with Gasteiger partial charge in [0.05, 0.1) is 0 Å². The molecule has 0 aliphatic heterocycles. The molecule has 232 valence electrons. The Morgan fingerprint density at radius 2 is 0.840 bits per heavy atom. The molecule has 0 N–H and O–H groups in total. The van der Waals surface area contributed by atoms with Gasteiger partial charge in [-0.3, -0.25) is 0 Å². The van der Waals surface area contributed by atoms with Crippen LogP contribution in [-0.2, 0) is 0 Å². The van der Waals surface area contributed by atoms with E-state index in [4.69, 9.17) is 0 Å². The molecule has 50 heavy (non-hydrogen) atoms. The van der Waals surface area contributed by atoms with Crippen molar-refractivity contribution in [3.63, 3.8) is 0 Å². The highest BCUT2D eigenvalue weighted by Crippen LogP contribution is 2.46. The molecule has 0 atom stereocenters.